The predicted octanol–water partition coefficient (Wildman–Crippen LogP) is 5.07. The van der Waals surface area contributed by atoms with E-state index in [1.54, 1.807) is 0 Å². The Hall–Kier alpha value is -1.55. The summed E-state index contributed by atoms with van der Waals surface area (Å²) >= 11 is 0. The molecule has 0 saturated heterocycles. The lowest BCUT2D eigenvalue weighted by molar-refractivity contribution is -0.130. The second-order valence-corrected chi connectivity index (χ2v) is 11.4. The molecule has 0 aliphatic carbocycles. The summed E-state index contributed by atoms with van der Waals surface area (Å²) in [6.07, 6.45) is -4.84. The number of benzene rings is 2. The van der Waals surface area contributed by atoms with Crippen molar-refractivity contribution < 1.29 is 13.2 Å². The zero-order valence-electron chi connectivity index (χ0n) is 15.0. The van der Waals surface area contributed by atoms with Gasteiger partial charge in [-0.05, 0) is 56.0 Å². The summed E-state index contributed by atoms with van der Waals surface area (Å²) in [6, 6.07) is 12.5. The lowest BCUT2D eigenvalue weighted by Crippen LogP contribution is -2.56. The molecular weight excluding hydrogens is 325 g/mol. The monoisotopic (exact) mass is 350 g/mol. The summed E-state index contributed by atoms with van der Waals surface area (Å²) in [5, 5.41) is 2.16. The molecule has 0 aliphatic heterocycles. The minimum Gasteiger partial charge on any atom is -0.171 e. The van der Waals surface area contributed by atoms with E-state index >= 15 is 0 Å². The maximum Gasteiger partial charge on any atom is 0.388 e. The average molecular weight is 351 g/mol. The van der Waals surface area contributed by atoms with Gasteiger partial charge in [0.2, 0.25) is 0 Å². The maximum absolute atomic E-state index is 12.9. The highest BCUT2D eigenvalue weighted by atomic mass is 28.3. The van der Waals surface area contributed by atoms with Gasteiger partial charge in [0.15, 0.2) is 0 Å². The zero-order valence-corrected chi connectivity index (χ0v) is 16.0. The lowest BCUT2D eigenvalue weighted by atomic mass is 10.1. The molecule has 4 heteroatoms. The van der Waals surface area contributed by atoms with Crippen LogP contribution in [0.1, 0.15) is 28.7 Å². The summed E-state index contributed by atoms with van der Waals surface area (Å²) in [6.45, 7) is 10.2. The molecule has 24 heavy (non-hydrogen) atoms. The molecule has 2 aromatic carbocycles. The number of halogens is 3. The molecule has 0 aliphatic rings. The third-order valence-electron chi connectivity index (χ3n) is 5.20. The van der Waals surface area contributed by atoms with Gasteiger partial charge in [-0.3, -0.25) is 0 Å². The Morgan fingerprint density at radius 3 is 1.50 bits per heavy atom. The van der Waals surface area contributed by atoms with E-state index in [1.165, 1.54) is 11.1 Å². The van der Waals surface area contributed by atoms with Crippen LogP contribution in [0.25, 0.3) is 0 Å². The number of aryl methyl sites for hydroxylation is 4. The van der Waals surface area contributed by atoms with E-state index in [-0.39, 0.29) is 6.04 Å². The molecule has 0 heterocycles. The van der Waals surface area contributed by atoms with Gasteiger partial charge >= 0.3 is 6.18 Å². The third kappa shape index (κ3) is 4.10. The molecular formula is C20H25F3Si. The van der Waals surface area contributed by atoms with Gasteiger partial charge in [-0.25, -0.2) is 0 Å². The topological polar surface area (TPSA) is 0 Å². The normalized spacial score (nSPS) is 12.5. The van der Waals surface area contributed by atoms with Crippen LogP contribution in [0.3, 0.4) is 0 Å². The van der Waals surface area contributed by atoms with E-state index in [9.17, 15) is 13.2 Å². The fourth-order valence-electron chi connectivity index (χ4n) is 3.02. The van der Waals surface area contributed by atoms with Gasteiger partial charge in [-0.15, -0.1) is 0 Å². The molecule has 0 unspecified atom stereocenters. The molecule has 0 fully saturated rings. The van der Waals surface area contributed by atoms with E-state index in [0.29, 0.717) is 0 Å². The van der Waals surface area contributed by atoms with E-state index in [2.05, 4.69) is 18.7 Å². The Kier molecular flexibility index (Phi) is 5.28. The van der Waals surface area contributed by atoms with Crippen molar-refractivity contribution in [3.63, 3.8) is 0 Å². The van der Waals surface area contributed by atoms with Crippen molar-refractivity contribution in [1.29, 1.82) is 0 Å². The molecule has 0 atom stereocenters. The quantitative estimate of drug-likeness (QED) is 0.676. The SMILES string of the molecule is Cc1ccc([Si](C)(CCC(F)(F)F)c2ccc(C)c(C)c2)cc1C. The van der Waals surface area contributed by atoms with Gasteiger partial charge in [0, 0.05) is 6.42 Å². The molecule has 2 aromatic rings. The fraction of sp³-hybridized carbons (Fsp3) is 0.400. The van der Waals surface area contributed by atoms with Crippen LogP contribution >= 0.6 is 0 Å². The largest absolute Gasteiger partial charge is 0.388 e. The van der Waals surface area contributed by atoms with Gasteiger partial charge in [0.25, 0.3) is 0 Å². The molecule has 0 amide bonds. The zero-order chi connectivity index (χ0) is 18.1. The van der Waals surface area contributed by atoms with Crippen molar-refractivity contribution in [3.8, 4) is 0 Å². The lowest BCUT2D eigenvalue weighted by Gasteiger charge is -2.30. The minimum atomic E-state index is -4.12. The average Bonchev–Trinajstić information content (AvgIpc) is 2.49. The van der Waals surface area contributed by atoms with Crippen molar-refractivity contribution in [3.05, 3.63) is 58.7 Å². The molecule has 0 radical (unpaired) electrons. The van der Waals surface area contributed by atoms with Gasteiger partial charge in [0.05, 0.1) is 0 Å². The highest BCUT2D eigenvalue weighted by Gasteiger charge is 2.37. The van der Waals surface area contributed by atoms with Crippen LogP contribution in [-0.4, -0.2) is 14.3 Å². The molecule has 0 saturated carbocycles. The molecule has 0 aromatic heterocycles. The van der Waals surface area contributed by atoms with Crippen molar-refractivity contribution in [2.75, 3.05) is 0 Å². The highest BCUT2D eigenvalue weighted by Crippen LogP contribution is 2.27. The predicted molar refractivity (Wildman–Crippen MR) is 98.2 cm³/mol. The second kappa shape index (κ2) is 6.75. The summed E-state index contributed by atoms with van der Waals surface area (Å²) < 4.78 is 38.8. The summed E-state index contributed by atoms with van der Waals surface area (Å²) in [4.78, 5) is 0. The molecule has 0 spiro atoms. The van der Waals surface area contributed by atoms with Gasteiger partial charge in [-0.2, -0.15) is 13.2 Å². The Morgan fingerprint density at radius 1 is 0.750 bits per heavy atom. The summed E-state index contributed by atoms with van der Waals surface area (Å²) in [5.41, 5.74) is 4.63. The molecule has 0 bridgehead atoms. The van der Waals surface area contributed by atoms with Crippen molar-refractivity contribution in [2.24, 2.45) is 0 Å². The van der Waals surface area contributed by atoms with Gasteiger partial charge < -0.3 is 0 Å². The number of hydrogen-bond acceptors (Lipinski definition) is 0. The van der Waals surface area contributed by atoms with Crippen LogP contribution in [0.4, 0.5) is 13.2 Å². The Labute approximate surface area is 143 Å². The van der Waals surface area contributed by atoms with Crippen LogP contribution < -0.4 is 10.4 Å². The van der Waals surface area contributed by atoms with E-state index in [1.807, 2.05) is 52.0 Å². The smallest absolute Gasteiger partial charge is 0.171 e. The first-order valence-corrected chi connectivity index (χ1v) is 11.0. The van der Waals surface area contributed by atoms with E-state index < -0.39 is 20.7 Å². The number of rotatable bonds is 4. The van der Waals surface area contributed by atoms with Gasteiger partial charge in [0.1, 0.15) is 8.07 Å². The Balaban J connectivity index is 2.55. The van der Waals surface area contributed by atoms with Crippen LogP contribution in [0.15, 0.2) is 36.4 Å². The standard InChI is InChI=1S/C20H25F3Si/c1-14-6-8-18(12-16(14)3)24(5,11-10-20(21,22)23)19-9-7-15(2)17(4)13-19/h6-9,12-13H,10-11H2,1-5H3. The summed E-state index contributed by atoms with van der Waals surface area (Å²) in [7, 11) is -2.44. The Bertz CT molecular complexity index is 681. The van der Waals surface area contributed by atoms with Crippen molar-refractivity contribution >= 4 is 18.4 Å². The minimum absolute atomic E-state index is 0.182. The van der Waals surface area contributed by atoms with Crippen LogP contribution in [0, 0.1) is 27.7 Å². The highest BCUT2D eigenvalue weighted by molar-refractivity contribution is 7.01. The Morgan fingerprint density at radius 2 is 1.17 bits per heavy atom. The van der Waals surface area contributed by atoms with E-state index in [0.717, 1.165) is 21.5 Å². The third-order valence-corrected chi connectivity index (χ3v) is 9.62. The molecule has 130 valence electrons. The maximum atomic E-state index is 12.9. The number of hydrogen-bond donors (Lipinski definition) is 0. The first kappa shape index (κ1) is 18.8. The van der Waals surface area contributed by atoms with Crippen molar-refractivity contribution in [1.82, 2.24) is 0 Å². The van der Waals surface area contributed by atoms with Crippen LogP contribution in [-0.2, 0) is 0 Å². The molecule has 0 N–H and O–H groups in total. The van der Waals surface area contributed by atoms with Crippen molar-refractivity contribution in [2.45, 2.75) is 52.9 Å². The first-order valence-electron chi connectivity index (χ1n) is 8.25. The van der Waals surface area contributed by atoms with Crippen LogP contribution in [0.5, 0.6) is 0 Å². The van der Waals surface area contributed by atoms with E-state index in [4.69, 9.17) is 0 Å². The number of alkyl halides is 3. The van der Waals surface area contributed by atoms with Gasteiger partial charge in [-0.1, -0.05) is 53.3 Å². The first-order chi connectivity index (χ1) is 11.0. The second-order valence-electron chi connectivity index (χ2n) is 7.05. The fourth-order valence-corrected chi connectivity index (χ4v) is 6.68. The summed E-state index contributed by atoms with van der Waals surface area (Å²) in [5.74, 6) is 0. The molecule has 2 rings (SSSR count). The molecule has 0 nitrogen and oxygen atoms in total. The van der Waals surface area contributed by atoms with Crippen LogP contribution in [0.2, 0.25) is 12.6 Å².